The van der Waals surface area contributed by atoms with Crippen molar-refractivity contribution in [3.05, 3.63) is 35.8 Å². The van der Waals surface area contributed by atoms with Gasteiger partial charge in [0.15, 0.2) is 6.29 Å². The molecule has 1 aliphatic rings. The molecule has 1 saturated carbocycles. The summed E-state index contributed by atoms with van der Waals surface area (Å²) in [4.78, 5) is 15.1. The fourth-order valence-corrected chi connectivity index (χ4v) is 1.67. The van der Waals surface area contributed by atoms with Crippen LogP contribution in [0.15, 0.2) is 24.5 Å². The Balaban J connectivity index is 2.17. The van der Waals surface area contributed by atoms with E-state index in [0.717, 1.165) is 17.6 Å². The molecule has 0 aromatic carbocycles. The molecular formula is C11H10N2O. The number of nitrogens with zero attached hydrogens (tertiary/aromatic N) is 2. The quantitative estimate of drug-likeness (QED) is 0.672. The predicted molar refractivity (Wildman–Crippen MR) is 52.6 cm³/mol. The van der Waals surface area contributed by atoms with Crippen LogP contribution < -0.4 is 0 Å². The largest absolute Gasteiger partial charge is 0.306 e. The highest BCUT2D eigenvalue weighted by Crippen LogP contribution is 2.39. The van der Waals surface area contributed by atoms with Crippen molar-refractivity contribution in [3.8, 4) is 0 Å². The zero-order valence-electron chi connectivity index (χ0n) is 7.68. The lowest BCUT2D eigenvalue weighted by molar-refractivity contribution is 0.112. The fraction of sp³-hybridized carbons (Fsp3) is 0.273. The van der Waals surface area contributed by atoms with Crippen LogP contribution in [-0.4, -0.2) is 15.7 Å². The Morgan fingerprint density at radius 2 is 2.21 bits per heavy atom. The minimum atomic E-state index is 0.662. The zero-order valence-corrected chi connectivity index (χ0v) is 7.68. The second-order valence-electron chi connectivity index (χ2n) is 3.79. The van der Waals surface area contributed by atoms with Crippen LogP contribution in [0.5, 0.6) is 0 Å². The maximum Gasteiger partial charge on any atom is 0.151 e. The average Bonchev–Trinajstić information content (AvgIpc) is 2.97. The molecule has 2 heterocycles. The Morgan fingerprint density at radius 1 is 1.36 bits per heavy atom. The number of aromatic nitrogens is 2. The predicted octanol–water partition coefficient (Wildman–Crippen LogP) is 2.02. The van der Waals surface area contributed by atoms with Gasteiger partial charge in [-0.1, -0.05) is 0 Å². The minimum absolute atomic E-state index is 0.662. The molecule has 0 spiro atoms. The number of carbonyl (C=O) groups is 1. The van der Waals surface area contributed by atoms with Crippen molar-refractivity contribution in [1.29, 1.82) is 0 Å². The van der Waals surface area contributed by atoms with Crippen molar-refractivity contribution in [2.75, 3.05) is 0 Å². The van der Waals surface area contributed by atoms with Crippen LogP contribution >= 0.6 is 0 Å². The van der Waals surface area contributed by atoms with Crippen LogP contribution in [0.1, 0.15) is 34.8 Å². The van der Waals surface area contributed by atoms with Gasteiger partial charge in [-0.05, 0) is 25.0 Å². The molecule has 0 atom stereocenters. The SMILES string of the molecule is O=Cc1ccc2nc(C3CC3)cn2c1. The number of pyridine rings is 1. The van der Waals surface area contributed by atoms with Crippen molar-refractivity contribution in [2.45, 2.75) is 18.8 Å². The first-order valence-corrected chi connectivity index (χ1v) is 4.80. The Labute approximate surface area is 81.4 Å². The number of aldehydes is 1. The molecular weight excluding hydrogens is 176 g/mol. The minimum Gasteiger partial charge on any atom is -0.306 e. The Kier molecular flexibility index (Phi) is 1.48. The van der Waals surface area contributed by atoms with Crippen LogP contribution in [-0.2, 0) is 0 Å². The van der Waals surface area contributed by atoms with Gasteiger partial charge in [-0.2, -0.15) is 0 Å². The third kappa shape index (κ3) is 1.13. The summed E-state index contributed by atoms with van der Waals surface area (Å²) >= 11 is 0. The normalized spacial score (nSPS) is 16.0. The van der Waals surface area contributed by atoms with Gasteiger partial charge in [-0.3, -0.25) is 4.79 Å². The van der Waals surface area contributed by atoms with Gasteiger partial charge in [0, 0.05) is 23.9 Å². The van der Waals surface area contributed by atoms with E-state index in [4.69, 9.17) is 0 Å². The summed E-state index contributed by atoms with van der Waals surface area (Å²) < 4.78 is 1.93. The molecule has 0 unspecified atom stereocenters. The van der Waals surface area contributed by atoms with Crippen LogP contribution in [0.2, 0.25) is 0 Å². The highest BCUT2D eigenvalue weighted by Gasteiger charge is 2.25. The number of rotatable bonds is 2. The number of carbonyl (C=O) groups excluding carboxylic acids is 1. The lowest BCUT2D eigenvalue weighted by Crippen LogP contribution is -1.86. The van der Waals surface area contributed by atoms with E-state index in [2.05, 4.69) is 4.98 Å². The van der Waals surface area contributed by atoms with Gasteiger partial charge < -0.3 is 4.40 Å². The fourth-order valence-electron chi connectivity index (χ4n) is 1.67. The van der Waals surface area contributed by atoms with Crippen molar-refractivity contribution >= 4 is 11.9 Å². The van der Waals surface area contributed by atoms with E-state index in [1.807, 2.05) is 22.9 Å². The molecule has 2 aromatic rings. The van der Waals surface area contributed by atoms with Crippen molar-refractivity contribution < 1.29 is 4.79 Å². The summed E-state index contributed by atoms with van der Waals surface area (Å²) in [5.41, 5.74) is 2.78. The molecule has 1 fully saturated rings. The van der Waals surface area contributed by atoms with E-state index < -0.39 is 0 Å². The van der Waals surface area contributed by atoms with Gasteiger partial charge >= 0.3 is 0 Å². The summed E-state index contributed by atoms with van der Waals surface area (Å²) in [6.45, 7) is 0. The molecule has 0 N–H and O–H groups in total. The maximum atomic E-state index is 10.6. The van der Waals surface area contributed by atoms with Crippen LogP contribution in [0.3, 0.4) is 0 Å². The third-order valence-corrected chi connectivity index (χ3v) is 2.62. The molecule has 0 saturated heterocycles. The lowest BCUT2D eigenvalue weighted by atomic mass is 10.3. The molecule has 14 heavy (non-hydrogen) atoms. The second kappa shape index (κ2) is 2.67. The topological polar surface area (TPSA) is 34.4 Å². The van der Waals surface area contributed by atoms with Gasteiger partial charge in [-0.15, -0.1) is 0 Å². The second-order valence-corrected chi connectivity index (χ2v) is 3.79. The van der Waals surface area contributed by atoms with E-state index in [0.29, 0.717) is 11.5 Å². The number of imidazole rings is 1. The summed E-state index contributed by atoms with van der Waals surface area (Å²) in [5.74, 6) is 0.662. The van der Waals surface area contributed by atoms with Crippen molar-refractivity contribution in [3.63, 3.8) is 0 Å². The smallest absolute Gasteiger partial charge is 0.151 e. The zero-order chi connectivity index (χ0) is 9.54. The van der Waals surface area contributed by atoms with E-state index in [1.165, 1.54) is 12.8 Å². The van der Waals surface area contributed by atoms with Gasteiger partial charge in [0.1, 0.15) is 5.65 Å². The molecule has 1 aliphatic carbocycles. The van der Waals surface area contributed by atoms with Gasteiger partial charge in [-0.25, -0.2) is 4.98 Å². The number of fused-ring (bicyclic) bond motifs is 1. The van der Waals surface area contributed by atoms with E-state index in [1.54, 1.807) is 6.07 Å². The summed E-state index contributed by atoms with van der Waals surface area (Å²) in [7, 11) is 0. The van der Waals surface area contributed by atoms with E-state index in [9.17, 15) is 4.79 Å². The molecule has 2 aromatic heterocycles. The van der Waals surface area contributed by atoms with Crippen LogP contribution in [0.25, 0.3) is 5.65 Å². The van der Waals surface area contributed by atoms with Crippen LogP contribution in [0.4, 0.5) is 0 Å². The molecule has 0 amide bonds. The standard InChI is InChI=1S/C11H10N2O/c14-7-8-1-4-11-12-10(9-2-3-9)6-13(11)5-8/h1,4-7,9H,2-3H2. The lowest BCUT2D eigenvalue weighted by Gasteiger charge is -1.92. The third-order valence-electron chi connectivity index (χ3n) is 2.62. The Bertz CT molecular complexity index is 497. The summed E-state index contributed by atoms with van der Waals surface area (Å²) in [5, 5.41) is 0. The van der Waals surface area contributed by atoms with E-state index in [-0.39, 0.29) is 0 Å². The van der Waals surface area contributed by atoms with Gasteiger partial charge in [0.25, 0.3) is 0 Å². The Morgan fingerprint density at radius 3 is 2.93 bits per heavy atom. The van der Waals surface area contributed by atoms with Gasteiger partial charge in [0.2, 0.25) is 0 Å². The molecule has 3 heteroatoms. The summed E-state index contributed by atoms with van der Waals surface area (Å²) in [6.07, 6.45) is 7.21. The highest BCUT2D eigenvalue weighted by molar-refractivity contribution is 5.74. The van der Waals surface area contributed by atoms with Crippen molar-refractivity contribution in [2.24, 2.45) is 0 Å². The first-order valence-electron chi connectivity index (χ1n) is 4.80. The average molecular weight is 186 g/mol. The van der Waals surface area contributed by atoms with E-state index >= 15 is 0 Å². The molecule has 70 valence electrons. The van der Waals surface area contributed by atoms with Crippen LogP contribution in [0, 0.1) is 0 Å². The first kappa shape index (κ1) is 7.74. The van der Waals surface area contributed by atoms with Gasteiger partial charge in [0.05, 0.1) is 5.69 Å². The number of hydrogen-bond acceptors (Lipinski definition) is 2. The molecule has 0 aliphatic heterocycles. The monoisotopic (exact) mass is 186 g/mol. The maximum absolute atomic E-state index is 10.6. The highest BCUT2D eigenvalue weighted by atomic mass is 16.1. The molecule has 0 bridgehead atoms. The van der Waals surface area contributed by atoms with Crippen molar-refractivity contribution in [1.82, 2.24) is 9.38 Å². The summed E-state index contributed by atoms with van der Waals surface area (Å²) in [6, 6.07) is 3.68. The Hall–Kier alpha value is -1.64. The molecule has 3 nitrogen and oxygen atoms in total. The first-order chi connectivity index (χ1) is 6.86. The molecule has 3 rings (SSSR count). The number of hydrogen-bond donors (Lipinski definition) is 0. The molecule has 0 radical (unpaired) electrons.